The third-order valence-electron chi connectivity index (χ3n) is 7.51. The number of nitrogens with zero attached hydrogens (tertiary/aromatic N) is 3. The van der Waals surface area contributed by atoms with Crippen LogP contribution in [0.15, 0.2) is 60.8 Å². The van der Waals surface area contributed by atoms with Gasteiger partial charge in [-0.2, -0.15) is 0 Å². The van der Waals surface area contributed by atoms with Crippen LogP contribution in [0.2, 0.25) is 0 Å². The molecule has 1 N–H and O–H groups in total. The van der Waals surface area contributed by atoms with E-state index >= 15 is 0 Å². The van der Waals surface area contributed by atoms with Crippen LogP contribution in [0.1, 0.15) is 38.5 Å². The van der Waals surface area contributed by atoms with Crippen molar-refractivity contribution >= 4 is 11.6 Å². The Morgan fingerprint density at radius 2 is 1.53 bits per heavy atom. The van der Waals surface area contributed by atoms with Gasteiger partial charge in [-0.1, -0.05) is 35.5 Å². The summed E-state index contributed by atoms with van der Waals surface area (Å²) in [6.07, 6.45) is 9.08. The maximum atomic E-state index is 13.3. The molecule has 0 unspecified atom stereocenters. The molecule has 1 aromatic heterocycles. The van der Waals surface area contributed by atoms with Crippen molar-refractivity contribution < 1.29 is 4.79 Å². The normalized spacial score (nSPS) is 29.1. The summed E-state index contributed by atoms with van der Waals surface area (Å²) in [6, 6.07) is 18.1. The minimum absolute atomic E-state index is 0.125. The molecule has 1 amide bonds. The Hall–Kier alpha value is -2.95. The lowest BCUT2D eigenvalue weighted by Crippen LogP contribution is -2.51. The number of anilines is 1. The number of rotatable bonds is 4. The van der Waals surface area contributed by atoms with Gasteiger partial charge in [-0.25, -0.2) is 4.68 Å². The maximum absolute atomic E-state index is 13.3. The second-order valence-electron chi connectivity index (χ2n) is 9.60. The summed E-state index contributed by atoms with van der Waals surface area (Å²) in [4.78, 5) is 13.3. The standard InChI is InChI=1S/C25H26N4O/c30-24(25-13-17-10-18(14-25)12-19(11-17)15-25)27-21-6-8-22(9-7-21)29-23(16-26-28-29)20-4-2-1-3-5-20/h1-9,16-19H,10-15H2,(H,27,30). The summed E-state index contributed by atoms with van der Waals surface area (Å²) in [7, 11) is 0. The van der Waals surface area contributed by atoms with Crippen molar-refractivity contribution in [1.29, 1.82) is 0 Å². The number of nitrogens with one attached hydrogen (secondary N) is 1. The molecule has 4 fully saturated rings. The lowest BCUT2D eigenvalue weighted by atomic mass is 9.49. The van der Waals surface area contributed by atoms with E-state index in [1.807, 2.05) is 47.1 Å². The molecule has 0 radical (unpaired) electrons. The maximum Gasteiger partial charge on any atom is 0.230 e. The van der Waals surface area contributed by atoms with E-state index in [1.54, 1.807) is 6.20 Å². The minimum atomic E-state index is -0.125. The molecule has 4 bridgehead atoms. The smallest absolute Gasteiger partial charge is 0.230 e. The van der Waals surface area contributed by atoms with Gasteiger partial charge < -0.3 is 5.32 Å². The quantitative estimate of drug-likeness (QED) is 0.666. The molecule has 1 heterocycles. The van der Waals surface area contributed by atoms with Crippen LogP contribution < -0.4 is 5.32 Å². The minimum Gasteiger partial charge on any atom is -0.326 e. The van der Waals surface area contributed by atoms with E-state index in [9.17, 15) is 4.79 Å². The van der Waals surface area contributed by atoms with Crippen molar-refractivity contribution in [1.82, 2.24) is 15.0 Å². The van der Waals surface area contributed by atoms with Gasteiger partial charge in [0.15, 0.2) is 0 Å². The van der Waals surface area contributed by atoms with Crippen LogP contribution >= 0.6 is 0 Å². The summed E-state index contributed by atoms with van der Waals surface area (Å²) < 4.78 is 1.83. The van der Waals surface area contributed by atoms with Gasteiger partial charge >= 0.3 is 0 Å². The first-order chi connectivity index (χ1) is 14.7. The molecule has 5 heteroatoms. The molecular weight excluding hydrogens is 372 g/mol. The van der Waals surface area contributed by atoms with Crippen LogP contribution in [0.5, 0.6) is 0 Å². The van der Waals surface area contributed by atoms with E-state index in [-0.39, 0.29) is 11.3 Å². The zero-order chi connectivity index (χ0) is 20.1. The molecular formula is C25H26N4O. The Morgan fingerprint density at radius 1 is 0.900 bits per heavy atom. The van der Waals surface area contributed by atoms with Gasteiger partial charge in [0.2, 0.25) is 5.91 Å². The molecule has 0 atom stereocenters. The highest BCUT2D eigenvalue weighted by atomic mass is 16.2. The number of hydrogen-bond acceptors (Lipinski definition) is 3. The van der Waals surface area contributed by atoms with Crippen LogP contribution in [0.25, 0.3) is 16.9 Å². The van der Waals surface area contributed by atoms with Crippen molar-refractivity contribution in [2.45, 2.75) is 38.5 Å². The molecule has 30 heavy (non-hydrogen) atoms. The molecule has 4 aliphatic carbocycles. The van der Waals surface area contributed by atoms with Crippen LogP contribution in [-0.4, -0.2) is 20.9 Å². The molecule has 152 valence electrons. The third-order valence-corrected chi connectivity index (χ3v) is 7.51. The number of aromatic nitrogens is 3. The SMILES string of the molecule is O=C(Nc1ccc(-n2nncc2-c2ccccc2)cc1)C12CC3CC(CC(C3)C1)C2. The van der Waals surface area contributed by atoms with Crippen molar-refractivity contribution in [3.05, 3.63) is 60.8 Å². The van der Waals surface area contributed by atoms with E-state index in [1.165, 1.54) is 19.3 Å². The number of carbonyl (C=O) groups is 1. The highest BCUT2D eigenvalue weighted by molar-refractivity contribution is 5.95. The Kier molecular flexibility index (Phi) is 4.05. The van der Waals surface area contributed by atoms with Crippen molar-refractivity contribution in [3.63, 3.8) is 0 Å². The number of amides is 1. The first kappa shape index (κ1) is 17.9. The van der Waals surface area contributed by atoms with Crippen LogP contribution in [0.3, 0.4) is 0 Å². The molecule has 0 saturated heterocycles. The zero-order valence-electron chi connectivity index (χ0n) is 17.0. The van der Waals surface area contributed by atoms with Crippen LogP contribution in [0, 0.1) is 23.2 Å². The molecule has 5 nitrogen and oxygen atoms in total. The fourth-order valence-electron chi connectivity index (χ4n) is 6.57. The van der Waals surface area contributed by atoms with Crippen molar-refractivity contribution in [3.8, 4) is 16.9 Å². The average molecular weight is 399 g/mol. The van der Waals surface area contributed by atoms with Gasteiger partial charge in [0, 0.05) is 11.3 Å². The molecule has 0 aliphatic heterocycles. The summed E-state index contributed by atoms with van der Waals surface area (Å²) in [5.41, 5.74) is 3.68. The molecule has 2 aromatic carbocycles. The van der Waals surface area contributed by atoms with Crippen molar-refractivity contribution in [2.75, 3.05) is 5.32 Å². The number of benzene rings is 2. The first-order valence-electron chi connectivity index (χ1n) is 11.1. The van der Waals surface area contributed by atoms with Crippen LogP contribution in [0.4, 0.5) is 5.69 Å². The lowest BCUT2D eigenvalue weighted by Gasteiger charge is -2.55. The van der Waals surface area contributed by atoms with E-state index < -0.39 is 0 Å². The Balaban J connectivity index is 1.21. The van der Waals surface area contributed by atoms with Gasteiger partial charge in [0.1, 0.15) is 0 Å². The predicted molar refractivity (Wildman–Crippen MR) is 116 cm³/mol. The zero-order valence-corrected chi connectivity index (χ0v) is 17.0. The second-order valence-corrected chi connectivity index (χ2v) is 9.60. The highest BCUT2D eigenvalue weighted by Gasteiger charge is 2.54. The summed E-state index contributed by atoms with van der Waals surface area (Å²) in [5.74, 6) is 2.55. The fourth-order valence-corrected chi connectivity index (χ4v) is 6.57. The number of hydrogen-bond donors (Lipinski definition) is 1. The Labute approximate surface area is 176 Å². The molecule has 7 rings (SSSR count). The van der Waals surface area contributed by atoms with Gasteiger partial charge in [0.05, 0.1) is 23.0 Å². The summed E-state index contributed by atoms with van der Waals surface area (Å²) >= 11 is 0. The van der Waals surface area contributed by atoms with E-state index in [0.717, 1.165) is 59.6 Å². The molecule has 4 aliphatic rings. The van der Waals surface area contributed by atoms with E-state index in [4.69, 9.17) is 0 Å². The molecule has 4 saturated carbocycles. The average Bonchev–Trinajstić information content (AvgIpc) is 3.24. The number of carbonyl (C=O) groups excluding carboxylic acids is 1. The Bertz CT molecular complexity index is 1030. The molecule has 0 spiro atoms. The largest absolute Gasteiger partial charge is 0.326 e. The highest BCUT2D eigenvalue weighted by Crippen LogP contribution is 2.60. The predicted octanol–water partition coefficient (Wildman–Crippen LogP) is 5.09. The van der Waals surface area contributed by atoms with E-state index in [2.05, 4.69) is 27.8 Å². The third kappa shape index (κ3) is 2.95. The monoisotopic (exact) mass is 398 g/mol. The second kappa shape index (κ2) is 6.79. The van der Waals surface area contributed by atoms with Gasteiger partial charge in [-0.05, 0) is 80.5 Å². The van der Waals surface area contributed by atoms with Gasteiger partial charge in [-0.15, -0.1) is 5.10 Å². The topological polar surface area (TPSA) is 59.8 Å². The lowest BCUT2D eigenvalue weighted by molar-refractivity contribution is -0.140. The summed E-state index contributed by atoms with van der Waals surface area (Å²) in [5, 5.41) is 11.6. The Morgan fingerprint density at radius 3 is 2.17 bits per heavy atom. The van der Waals surface area contributed by atoms with Gasteiger partial charge in [-0.3, -0.25) is 4.79 Å². The van der Waals surface area contributed by atoms with Crippen molar-refractivity contribution in [2.24, 2.45) is 23.2 Å². The first-order valence-corrected chi connectivity index (χ1v) is 11.1. The van der Waals surface area contributed by atoms with Gasteiger partial charge in [0.25, 0.3) is 0 Å². The molecule has 3 aromatic rings. The van der Waals surface area contributed by atoms with Crippen LogP contribution in [-0.2, 0) is 4.79 Å². The van der Waals surface area contributed by atoms with E-state index in [0.29, 0.717) is 0 Å². The summed E-state index contributed by atoms with van der Waals surface area (Å²) in [6.45, 7) is 0. The fraction of sp³-hybridized carbons (Fsp3) is 0.400.